The van der Waals surface area contributed by atoms with Gasteiger partial charge in [0.25, 0.3) is 5.91 Å². The van der Waals surface area contributed by atoms with Crippen molar-refractivity contribution in [2.45, 2.75) is 38.5 Å². The van der Waals surface area contributed by atoms with Gasteiger partial charge in [0.15, 0.2) is 0 Å². The highest BCUT2D eigenvalue weighted by Gasteiger charge is 2.14. The zero-order valence-electron chi connectivity index (χ0n) is 14.8. The van der Waals surface area contributed by atoms with E-state index in [0.29, 0.717) is 24.6 Å². The van der Waals surface area contributed by atoms with Gasteiger partial charge in [-0.2, -0.15) is 0 Å². The van der Waals surface area contributed by atoms with E-state index in [-0.39, 0.29) is 18.3 Å². The molecule has 1 amide bonds. The van der Waals surface area contributed by atoms with Crippen LogP contribution in [0.4, 0.5) is 5.69 Å². The number of hydrogen-bond acceptors (Lipinski definition) is 5. The van der Waals surface area contributed by atoms with Gasteiger partial charge in [0, 0.05) is 17.5 Å². The van der Waals surface area contributed by atoms with E-state index in [2.05, 4.69) is 10.3 Å². The number of amides is 1. The molecule has 2 aromatic rings. The largest absolute Gasteiger partial charge is 0.493 e. The molecule has 142 valence electrons. The van der Waals surface area contributed by atoms with E-state index in [1.165, 1.54) is 43.4 Å². The molecule has 1 heterocycles. The normalized spacial score (nSPS) is 14.5. The van der Waals surface area contributed by atoms with Crippen LogP contribution in [0, 0.1) is 5.92 Å². The Morgan fingerprint density at radius 1 is 1.23 bits per heavy atom. The number of thiazole rings is 1. The summed E-state index contributed by atoms with van der Waals surface area (Å²) in [5, 5.41) is 5.52. The third-order valence-corrected chi connectivity index (χ3v) is 5.37. The van der Waals surface area contributed by atoms with Gasteiger partial charge < -0.3 is 15.8 Å². The molecule has 5 nitrogen and oxygen atoms in total. The van der Waals surface area contributed by atoms with Gasteiger partial charge in [-0.15, -0.1) is 23.7 Å². The van der Waals surface area contributed by atoms with Crippen molar-refractivity contribution in [1.82, 2.24) is 4.98 Å². The van der Waals surface area contributed by atoms with E-state index in [0.717, 1.165) is 23.1 Å². The monoisotopic (exact) mass is 395 g/mol. The van der Waals surface area contributed by atoms with Crippen molar-refractivity contribution in [1.29, 1.82) is 0 Å². The Balaban J connectivity index is 0.00000243. The van der Waals surface area contributed by atoms with E-state index in [4.69, 9.17) is 10.5 Å². The van der Waals surface area contributed by atoms with Crippen LogP contribution in [0.3, 0.4) is 0 Å². The summed E-state index contributed by atoms with van der Waals surface area (Å²) < 4.78 is 5.89. The number of ether oxygens (including phenoxy) is 1. The molecule has 1 aromatic carbocycles. The van der Waals surface area contributed by atoms with E-state index >= 15 is 0 Å². The molecule has 0 unspecified atom stereocenters. The molecule has 1 saturated carbocycles. The molecule has 1 aliphatic rings. The zero-order chi connectivity index (χ0) is 17.5. The number of carbonyl (C=O) groups is 1. The molecule has 26 heavy (non-hydrogen) atoms. The molecular formula is C19H26ClN3O2S. The second-order valence-corrected chi connectivity index (χ2v) is 7.40. The third-order valence-electron chi connectivity index (χ3n) is 4.47. The highest BCUT2D eigenvalue weighted by atomic mass is 35.5. The van der Waals surface area contributed by atoms with Crippen LogP contribution in [0.5, 0.6) is 5.75 Å². The van der Waals surface area contributed by atoms with Gasteiger partial charge in [-0.1, -0.05) is 19.3 Å². The molecule has 3 rings (SSSR count). The number of hydrogen-bond donors (Lipinski definition) is 2. The SMILES string of the molecule is Cl.NCCc1nc(C(=O)Nc2ccc(OCC3CCCCC3)cc2)cs1. The summed E-state index contributed by atoms with van der Waals surface area (Å²) in [5.74, 6) is 1.33. The molecule has 0 aliphatic heterocycles. The zero-order valence-corrected chi connectivity index (χ0v) is 16.4. The Kier molecular flexibility index (Phi) is 8.35. The Morgan fingerprint density at radius 3 is 2.65 bits per heavy atom. The number of nitrogens with zero attached hydrogens (tertiary/aromatic N) is 1. The molecule has 3 N–H and O–H groups in total. The first kappa shape index (κ1) is 20.7. The minimum absolute atomic E-state index is 0. The Bertz CT molecular complexity index is 684. The maximum Gasteiger partial charge on any atom is 0.275 e. The molecule has 7 heteroatoms. The minimum Gasteiger partial charge on any atom is -0.493 e. The van der Waals surface area contributed by atoms with Crippen molar-refractivity contribution < 1.29 is 9.53 Å². The second kappa shape index (κ2) is 10.5. The molecular weight excluding hydrogens is 370 g/mol. The van der Waals surface area contributed by atoms with Crippen LogP contribution in [-0.2, 0) is 6.42 Å². The van der Waals surface area contributed by atoms with Crippen LogP contribution in [0.2, 0.25) is 0 Å². The Hall–Kier alpha value is -1.63. The van der Waals surface area contributed by atoms with Gasteiger partial charge in [-0.3, -0.25) is 4.79 Å². The summed E-state index contributed by atoms with van der Waals surface area (Å²) in [5.41, 5.74) is 6.69. The summed E-state index contributed by atoms with van der Waals surface area (Å²) >= 11 is 1.46. The van der Waals surface area contributed by atoms with E-state index in [1.54, 1.807) is 5.38 Å². The number of nitrogens with two attached hydrogens (primary N) is 1. The molecule has 1 fully saturated rings. The fourth-order valence-corrected chi connectivity index (χ4v) is 3.85. The molecule has 1 aromatic heterocycles. The Morgan fingerprint density at radius 2 is 1.96 bits per heavy atom. The van der Waals surface area contributed by atoms with Crippen LogP contribution >= 0.6 is 23.7 Å². The van der Waals surface area contributed by atoms with Crippen LogP contribution in [-0.4, -0.2) is 24.0 Å². The van der Waals surface area contributed by atoms with Gasteiger partial charge in [0.2, 0.25) is 0 Å². The summed E-state index contributed by atoms with van der Waals surface area (Å²) in [6.07, 6.45) is 7.25. The quantitative estimate of drug-likeness (QED) is 0.733. The van der Waals surface area contributed by atoms with E-state index < -0.39 is 0 Å². The molecule has 0 atom stereocenters. The average Bonchev–Trinajstić information content (AvgIpc) is 3.11. The summed E-state index contributed by atoms with van der Waals surface area (Å²) in [7, 11) is 0. The summed E-state index contributed by atoms with van der Waals surface area (Å²) in [6, 6.07) is 7.53. The van der Waals surface area contributed by atoms with Crippen LogP contribution in [0.25, 0.3) is 0 Å². The predicted octanol–water partition coefficient (Wildman–Crippen LogP) is 4.28. The highest BCUT2D eigenvalue weighted by Crippen LogP contribution is 2.25. The molecule has 0 spiro atoms. The third kappa shape index (κ3) is 5.97. The average molecular weight is 396 g/mol. The lowest BCUT2D eigenvalue weighted by Gasteiger charge is -2.21. The number of rotatable bonds is 7. The van der Waals surface area contributed by atoms with Crippen LogP contribution in [0.1, 0.15) is 47.6 Å². The lowest BCUT2D eigenvalue weighted by atomic mass is 9.90. The van der Waals surface area contributed by atoms with Gasteiger partial charge in [0.05, 0.1) is 11.6 Å². The second-order valence-electron chi connectivity index (χ2n) is 6.46. The van der Waals surface area contributed by atoms with Crippen molar-refractivity contribution in [3.63, 3.8) is 0 Å². The van der Waals surface area contributed by atoms with Crippen molar-refractivity contribution in [2.75, 3.05) is 18.5 Å². The minimum atomic E-state index is -0.199. The number of nitrogens with one attached hydrogen (secondary N) is 1. The fourth-order valence-electron chi connectivity index (χ4n) is 3.05. The lowest BCUT2D eigenvalue weighted by Crippen LogP contribution is -2.15. The van der Waals surface area contributed by atoms with Gasteiger partial charge in [-0.25, -0.2) is 4.98 Å². The van der Waals surface area contributed by atoms with Crippen LogP contribution < -0.4 is 15.8 Å². The number of benzene rings is 1. The standard InChI is InChI=1S/C19H25N3O2S.ClH/c20-11-10-18-22-17(13-25-18)19(23)21-15-6-8-16(9-7-15)24-12-14-4-2-1-3-5-14;/h6-9,13-14H,1-5,10-12,20H2,(H,21,23);1H. The highest BCUT2D eigenvalue weighted by molar-refractivity contribution is 7.09. The van der Waals surface area contributed by atoms with Crippen molar-refractivity contribution in [3.05, 3.63) is 40.3 Å². The number of anilines is 1. The lowest BCUT2D eigenvalue weighted by molar-refractivity contribution is 0.102. The smallest absolute Gasteiger partial charge is 0.275 e. The van der Waals surface area contributed by atoms with Gasteiger partial charge >= 0.3 is 0 Å². The van der Waals surface area contributed by atoms with Gasteiger partial charge in [0.1, 0.15) is 11.4 Å². The molecule has 0 saturated heterocycles. The Labute approximate surface area is 164 Å². The van der Waals surface area contributed by atoms with Crippen molar-refractivity contribution >= 4 is 35.3 Å². The van der Waals surface area contributed by atoms with Crippen LogP contribution in [0.15, 0.2) is 29.6 Å². The molecule has 0 bridgehead atoms. The predicted molar refractivity (Wildman–Crippen MR) is 109 cm³/mol. The van der Waals surface area contributed by atoms with Crippen molar-refractivity contribution in [3.8, 4) is 5.75 Å². The van der Waals surface area contributed by atoms with E-state index in [1.807, 2.05) is 24.3 Å². The molecule has 0 radical (unpaired) electrons. The topological polar surface area (TPSA) is 77.2 Å². The first-order chi connectivity index (χ1) is 12.2. The number of aromatic nitrogens is 1. The summed E-state index contributed by atoms with van der Waals surface area (Å²) in [6.45, 7) is 1.32. The number of halogens is 1. The van der Waals surface area contributed by atoms with Crippen molar-refractivity contribution in [2.24, 2.45) is 11.7 Å². The maximum absolute atomic E-state index is 12.2. The molecule has 1 aliphatic carbocycles. The maximum atomic E-state index is 12.2. The van der Waals surface area contributed by atoms with E-state index in [9.17, 15) is 4.79 Å². The first-order valence-corrected chi connectivity index (χ1v) is 9.81. The van der Waals surface area contributed by atoms with Gasteiger partial charge in [-0.05, 0) is 49.6 Å². The summed E-state index contributed by atoms with van der Waals surface area (Å²) in [4.78, 5) is 16.5. The fraction of sp³-hybridized carbons (Fsp3) is 0.474. The first-order valence-electron chi connectivity index (χ1n) is 8.93. The number of carbonyl (C=O) groups excluding carboxylic acids is 1.